The number of hydrogen-bond acceptors (Lipinski definition) is 6. The van der Waals surface area contributed by atoms with Gasteiger partial charge >= 0.3 is 5.97 Å². The first-order valence-corrected chi connectivity index (χ1v) is 9.69. The summed E-state index contributed by atoms with van der Waals surface area (Å²) >= 11 is 1.41. The molecule has 0 spiro atoms. The molecule has 0 radical (unpaired) electrons. The van der Waals surface area contributed by atoms with Crippen LogP contribution in [0.15, 0.2) is 0 Å². The maximum atomic E-state index is 13.0. The van der Waals surface area contributed by atoms with E-state index in [1.54, 1.807) is 0 Å². The fraction of sp³-hybridized carbons (Fsp3) is 0.611. The van der Waals surface area contributed by atoms with E-state index in [-0.39, 0.29) is 35.9 Å². The minimum Gasteiger partial charge on any atom is -0.465 e. The number of thiophene rings is 1. The first-order valence-electron chi connectivity index (χ1n) is 8.88. The number of rotatable bonds is 2. The summed E-state index contributed by atoms with van der Waals surface area (Å²) in [5.74, 6) is -1.62. The average molecular weight is 361 g/mol. The molecule has 0 aromatic carbocycles. The molecule has 3 aliphatic heterocycles. The predicted octanol–water partition coefficient (Wildman–Crippen LogP) is 2.08. The highest BCUT2D eigenvalue weighted by molar-refractivity contribution is 7.17. The van der Waals surface area contributed by atoms with E-state index in [1.165, 1.54) is 23.3 Å². The Kier molecular flexibility index (Phi) is 3.34. The van der Waals surface area contributed by atoms with Gasteiger partial charge in [0.1, 0.15) is 5.00 Å². The van der Waals surface area contributed by atoms with Crippen LogP contribution in [-0.2, 0) is 31.9 Å². The summed E-state index contributed by atoms with van der Waals surface area (Å²) < 4.78 is 10.8. The fourth-order valence-corrected chi connectivity index (χ4v) is 6.32. The zero-order valence-corrected chi connectivity index (χ0v) is 14.8. The maximum Gasteiger partial charge on any atom is 0.341 e. The number of esters is 1. The molecule has 6 nitrogen and oxygen atoms in total. The smallest absolute Gasteiger partial charge is 0.341 e. The van der Waals surface area contributed by atoms with Crippen LogP contribution < -0.4 is 4.90 Å². The number of carbonyl (C=O) groups is 3. The van der Waals surface area contributed by atoms with Crippen LogP contribution in [0.4, 0.5) is 5.00 Å². The Bertz CT molecular complexity index is 772. The summed E-state index contributed by atoms with van der Waals surface area (Å²) in [7, 11) is 1.34. The highest BCUT2D eigenvalue weighted by Gasteiger charge is 2.63. The van der Waals surface area contributed by atoms with E-state index in [2.05, 4.69) is 0 Å². The van der Waals surface area contributed by atoms with Crippen molar-refractivity contribution in [2.45, 2.75) is 50.7 Å². The molecule has 4 aliphatic rings. The fourth-order valence-electron chi connectivity index (χ4n) is 4.93. The SMILES string of the molecule is COC(=O)c1c(N2C(=O)[C@@H]3[C@@H](C2=O)[C@H]2CC[C@@H]3O2)sc2c1CCCC2. The quantitative estimate of drug-likeness (QED) is 0.596. The van der Waals surface area contributed by atoms with Crippen molar-refractivity contribution in [3.63, 3.8) is 0 Å². The van der Waals surface area contributed by atoms with Crippen LogP contribution in [0.1, 0.15) is 46.5 Å². The largest absolute Gasteiger partial charge is 0.465 e. The minimum absolute atomic E-state index is 0.146. The molecule has 3 fully saturated rings. The van der Waals surface area contributed by atoms with E-state index in [0.717, 1.165) is 49.0 Å². The first-order chi connectivity index (χ1) is 12.1. The Labute approximate surface area is 149 Å². The molecule has 2 bridgehead atoms. The topological polar surface area (TPSA) is 72.9 Å². The molecular formula is C18H19NO5S. The van der Waals surface area contributed by atoms with Crippen LogP contribution >= 0.6 is 11.3 Å². The van der Waals surface area contributed by atoms with Gasteiger partial charge in [-0.3, -0.25) is 9.59 Å². The van der Waals surface area contributed by atoms with Gasteiger partial charge in [0, 0.05) is 4.88 Å². The molecule has 3 saturated heterocycles. The van der Waals surface area contributed by atoms with Crippen LogP contribution in [0.3, 0.4) is 0 Å². The van der Waals surface area contributed by atoms with Crippen molar-refractivity contribution in [2.75, 3.05) is 12.0 Å². The number of methoxy groups -OCH3 is 1. The average Bonchev–Trinajstić information content (AvgIpc) is 3.36. The predicted molar refractivity (Wildman–Crippen MR) is 89.7 cm³/mol. The molecule has 1 aliphatic carbocycles. The van der Waals surface area contributed by atoms with Crippen molar-refractivity contribution in [1.82, 2.24) is 0 Å². The van der Waals surface area contributed by atoms with Crippen LogP contribution in [0.25, 0.3) is 0 Å². The van der Waals surface area contributed by atoms with Gasteiger partial charge in [0.05, 0.1) is 36.7 Å². The summed E-state index contributed by atoms with van der Waals surface area (Å²) in [5, 5.41) is 0.475. The number of imide groups is 1. The molecular weight excluding hydrogens is 342 g/mol. The Balaban J connectivity index is 1.62. The Hall–Kier alpha value is -1.73. The van der Waals surface area contributed by atoms with Crippen LogP contribution in [-0.4, -0.2) is 37.1 Å². The second-order valence-corrected chi connectivity index (χ2v) is 8.32. The van der Waals surface area contributed by atoms with Crippen LogP contribution in [0.2, 0.25) is 0 Å². The third-order valence-electron chi connectivity index (χ3n) is 6.03. The number of hydrogen-bond donors (Lipinski definition) is 0. The van der Waals surface area contributed by atoms with Gasteiger partial charge in [0.25, 0.3) is 0 Å². The maximum absolute atomic E-state index is 13.0. The lowest BCUT2D eigenvalue weighted by atomic mass is 9.81. The standard InChI is InChI=1S/C18H19NO5S/c1-23-18(22)12-8-4-2-3-5-11(8)25-17(12)19-15(20)13-9-6-7-10(24-9)14(13)16(19)21/h9-10,13-14H,2-7H2,1H3/t9-,10+,13-,14-/m0/s1. The lowest BCUT2D eigenvalue weighted by molar-refractivity contribution is -0.124. The summed E-state index contributed by atoms with van der Waals surface area (Å²) in [6.45, 7) is 0. The van der Waals surface area contributed by atoms with Gasteiger partial charge in [0.2, 0.25) is 11.8 Å². The zero-order valence-electron chi connectivity index (χ0n) is 13.9. The second-order valence-electron chi connectivity index (χ2n) is 7.24. The lowest BCUT2D eigenvalue weighted by Gasteiger charge is -2.17. The van der Waals surface area contributed by atoms with Crippen LogP contribution in [0, 0.1) is 11.8 Å². The van der Waals surface area contributed by atoms with E-state index in [1.807, 2.05) is 0 Å². The number of anilines is 1. The number of ether oxygens (including phenoxy) is 2. The van der Waals surface area contributed by atoms with Crippen molar-refractivity contribution in [3.8, 4) is 0 Å². The zero-order chi connectivity index (χ0) is 17.3. The molecule has 2 amide bonds. The van der Waals surface area contributed by atoms with Crippen molar-refractivity contribution in [2.24, 2.45) is 11.8 Å². The van der Waals surface area contributed by atoms with E-state index in [0.29, 0.717) is 10.6 Å². The Morgan fingerprint density at radius 1 is 1.12 bits per heavy atom. The summed E-state index contributed by atoms with van der Waals surface area (Å²) in [5.41, 5.74) is 1.40. The lowest BCUT2D eigenvalue weighted by Crippen LogP contribution is -2.34. The molecule has 1 aromatic rings. The molecule has 4 heterocycles. The molecule has 0 saturated carbocycles. The normalized spacial score (nSPS) is 32.9. The molecule has 7 heteroatoms. The summed E-state index contributed by atoms with van der Waals surface area (Å²) in [6, 6.07) is 0. The number of amides is 2. The van der Waals surface area contributed by atoms with E-state index >= 15 is 0 Å². The van der Waals surface area contributed by atoms with Crippen molar-refractivity contribution < 1.29 is 23.9 Å². The molecule has 4 atom stereocenters. The molecule has 5 rings (SSSR count). The summed E-state index contributed by atoms with van der Waals surface area (Å²) in [6.07, 6.45) is 5.15. The number of aryl methyl sites for hydroxylation is 1. The number of nitrogens with zero attached hydrogens (tertiary/aromatic N) is 1. The van der Waals surface area contributed by atoms with Crippen molar-refractivity contribution >= 4 is 34.1 Å². The second kappa shape index (κ2) is 5.38. The van der Waals surface area contributed by atoms with E-state index in [4.69, 9.17) is 9.47 Å². The Morgan fingerprint density at radius 3 is 2.40 bits per heavy atom. The minimum atomic E-state index is -0.453. The highest BCUT2D eigenvalue weighted by atomic mass is 32.1. The number of fused-ring (bicyclic) bond motifs is 6. The van der Waals surface area contributed by atoms with Gasteiger partial charge in [0.15, 0.2) is 0 Å². The van der Waals surface area contributed by atoms with Gasteiger partial charge in [-0.15, -0.1) is 11.3 Å². The summed E-state index contributed by atoms with van der Waals surface area (Å²) in [4.78, 5) is 40.9. The van der Waals surface area contributed by atoms with Gasteiger partial charge in [-0.1, -0.05) is 0 Å². The number of carbonyl (C=O) groups excluding carboxylic acids is 3. The highest BCUT2D eigenvalue weighted by Crippen LogP contribution is 2.51. The monoisotopic (exact) mass is 361 g/mol. The third kappa shape index (κ3) is 1.96. The molecule has 25 heavy (non-hydrogen) atoms. The van der Waals surface area contributed by atoms with Crippen LogP contribution in [0.5, 0.6) is 0 Å². The van der Waals surface area contributed by atoms with Crippen molar-refractivity contribution in [3.05, 3.63) is 16.0 Å². The molecule has 0 N–H and O–H groups in total. The van der Waals surface area contributed by atoms with E-state index in [9.17, 15) is 14.4 Å². The van der Waals surface area contributed by atoms with E-state index < -0.39 is 5.97 Å². The molecule has 1 aromatic heterocycles. The van der Waals surface area contributed by atoms with Gasteiger partial charge in [-0.25, -0.2) is 9.69 Å². The van der Waals surface area contributed by atoms with Gasteiger partial charge in [-0.2, -0.15) is 0 Å². The first kappa shape index (κ1) is 15.5. The Morgan fingerprint density at radius 2 is 1.76 bits per heavy atom. The van der Waals surface area contributed by atoms with Crippen molar-refractivity contribution in [1.29, 1.82) is 0 Å². The van der Waals surface area contributed by atoms with Gasteiger partial charge < -0.3 is 9.47 Å². The molecule has 0 unspecified atom stereocenters. The van der Waals surface area contributed by atoms with Gasteiger partial charge in [-0.05, 0) is 44.1 Å². The molecule has 132 valence electrons. The third-order valence-corrected chi connectivity index (χ3v) is 7.31.